The Bertz CT molecular complexity index is 148. The fraction of sp³-hybridized carbons (Fsp3) is 0.900. The van der Waals surface area contributed by atoms with Gasteiger partial charge in [-0.15, -0.1) is 0 Å². The molecule has 0 aromatic rings. The Morgan fingerprint density at radius 3 is 2.38 bits per heavy atom. The van der Waals surface area contributed by atoms with Gasteiger partial charge in [0.25, 0.3) is 0 Å². The molecule has 3 nitrogen and oxygen atoms in total. The van der Waals surface area contributed by atoms with Crippen LogP contribution in [0.1, 0.15) is 34.1 Å². The Labute approximate surface area is 81.3 Å². The summed E-state index contributed by atoms with van der Waals surface area (Å²) in [6, 6.07) is 0.288. The fourth-order valence-corrected chi connectivity index (χ4v) is 0.941. The van der Waals surface area contributed by atoms with E-state index in [1.165, 1.54) is 0 Å². The van der Waals surface area contributed by atoms with Crippen molar-refractivity contribution in [1.82, 2.24) is 10.6 Å². The van der Waals surface area contributed by atoms with E-state index < -0.39 is 0 Å². The Morgan fingerprint density at radius 1 is 1.31 bits per heavy atom. The number of carbonyl (C=O) groups excluding carboxylic acids is 1. The molecule has 0 rings (SSSR count). The van der Waals surface area contributed by atoms with Crippen molar-refractivity contribution in [3.8, 4) is 0 Å². The van der Waals surface area contributed by atoms with E-state index in [-0.39, 0.29) is 17.9 Å². The van der Waals surface area contributed by atoms with Crippen molar-refractivity contribution < 1.29 is 4.79 Å². The van der Waals surface area contributed by atoms with Crippen molar-refractivity contribution in [2.75, 3.05) is 13.1 Å². The quantitative estimate of drug-likeness (QED) is 0.653. The number of rotatable bonds is 6. The summed E-state index contributed by atoms with van der Waals surface area (Å²) in [5.74, 6) is 0.212. The van der Waals surface area contributed by atoms with Crippen LogP contribution >= 0.6 is 0 Å². The average Bonchev–Trinajstić information content (AvgIpc) is 2.13. The SMILES string of the molecule is CCNCC(C)C(=O)NC(C)CC. The number of hydrogen-bond acceptors (Lipinski definition) is 2. The van der Waals surface area contributed by atoms with Gasteiger partial charge in [0.1, 0.15) is 0 Å². The molecule has 0 bridgehead atoms. The standard InChI is InChI=1S/C10H22N2O/c1-5-9(4)12-10(13)8(3)7-11-6-2/h8-9,11H,5-7H2,1-4H3,(H,12,13). The minimum Gasteiger partial charge on any atom is -0.353 e. The maximum absolute atomic E-state index is 11.5. The van der Waals surface area contributed by atoms with E-state index in [9.17, 15) is 4.79 Å². The van der Waals surface area contributed by atoms with Gasteiger partial charge in [-0.25, -0.2) is 0 Å². The van der Waals surface area contributed by atoms with E-state index in [4.69, 9.17) is 0 Å². The summed E-state index contributed by atoms with van der Waals surface area (Å²) < 4.78 is 0. The lowest BCUT2D eigenvalue weighted by Gasteiger charge is -2.16. The van der Waals surface area contributed by atoms with Gasteiger partial charge in [0.2, 0.25) is 5.91 Å². The molecule has 78 valence electrons. The van der Waals surface area contributed by atoms with E-state index in [1.54, 1.807) is 0 Å². The highest BCUT2D eigenvalue weighted by Gasteiger charge is 2.13. The van der Waals surface area contributed by atoms with Crippen molar-refractivity contribution >= 4 is 5.91 Å². The molecule has 0 aliphatic heterocycles. The average molecular weight is 186 g/mol. The summed E-state index contributed by atoms with van der Waals surface area (Å²) in [4.78, 5) is 11.5. The summed E-state index contributed by atoms with van der Waals surface area (Å²) >= 11 is 0. The van der Waals surface area contributed by atoms with Gasteiger partial charge in [-0.2, -0.15) is 0 Å². The maximum Gasteiger partial charge on any atom is 0.224 e. The summed E-state index contributed by atoms with van der Waals surface area (Å²) in [6.07, 6.45) is 0.986. The Morgan fingerprint density at radius 2 is 1.92 bits per heavy atom. The van der Waals surface area contributed by atoms with Crippen LogP contribution in [0.15, 0.2) is 0 Å². The first-order valence-electron chi connectivity index (χ1n) is 5.12. The van der Waals surface area contributed by atoms with Gasteiger partial charge in [-0.05, 0) is 19.9 Å². The van der Waals surface area contributed by atoms with Crippen molar-refractivity contribution in [2.45, 2.75) is 40.2 Å². The van der Waals surface area contributed by atoms with Gasteiger partial charge in [0.15, 0.2) is 0 Å². The Balaban J connectivity index is 3.68. The van der Waals surface area contributed by atoms with E-state index in [0.717, 1.165) is 19.5 Å². The molecule has 2 atom stereocenters. The number of amides is 1. The first-order chi connectivity index (χ1) is 6.11. The molecule has 0 radical (unpaired) electrons. The summed E-state index contributed by atoms with van der Waals surface area (Å²) in [6.45, 7) is 9.76. The molecule has 0 heterocycles. The first kappa shape index (κ1) is 12.4. The molecule has 13 heavy (non-hydrogen) atoms. The van der Waals surface area contributed by atoms with Crippen LogP contribution in [0.5, 0.6) is 0 Å². The second-order valence-corrected chi connectivity index (χ2v) is 3.53. The molecule has 3 heteroatoms. The lowest BCUT2D eigenvalue weighted by atomic mass is 10.1. The molecule has 0 aliphatic carbocycles. The van der Waals surface area contributed by atoms with Crippen LogP contribution < -0.4 is 10.6 Å². The van der Waals surface area contributed by atoms with Crippen LogP contribution in [0.2, 0.25) is 0 Å². The zero-order valence-electron chi connectivity index (χ0n) is 9.18. The number of nitrogens with one attached hydrogen (secondary N) is 2. The predicted octanol–water partition coefficient (Wildman–Crippen LogP) is 1.15. The lowest BCUT2D eigenvalue weighted by molar-refractivity contribution is -0.125. The maximum atomic E-state index is 11.5. The van der Waals surface area contributed by atoms with E-state index in [0.29, 0.717) is 0 Å². The highest BCUT2D eigenvalue weighted by Crippen LogP contribution is 1.95. The van der Waals surface area contributed by atoms with Crippen molar-refractivity contribution in [3.05, 3.63) is 0 Å². The first-order valence-corrected chi connectivity index (χ1v) is 5.12. The largest absolute Gasteiger partial charge is 0.353 e. The van der Waals surface area contributed by atoms with E-state index >= 15 is 0 Å². The molecule has 0 aliphatic rings. The monoisotopic (exact) mass is 186 g/mol. The minimum absolute atomic E-state index is 0.0638. The molecule has 1 amide bonds. The number of carbonyl (C=O) groups is 1. The zero-order valence-corrected chi connectivity index (χ0v) is 9.18. The zero-order chi connectivity index (χ0) is 10.3. The van der Waals surface area contributed by atoms with Gasteiger partial charge < -0.3 is 10.6 Å². The van der Waals surface area contributed by atoms with Crippen LogP contribution in [-0.2, 0) is 4.79 Å². The van der Waals surface area contributed by atoms with Crippen LogP contribution in [0, 0.1) is 5.92 Å². The minimum atomic E-state index is 0.0638. The van der Waals surface area contributed by atoms with Crippen molar-refractivity contribution in [1.29, 1.82) is 0 Å². The van der Waals surface area contributed by atoms with Crippen molar-refractivity contribution in [3.63, 3.8) is 0 Å². The molecule has 0 spiro atoms. The normalized spacial score (nSPS) is 15.1. The lowest BCUT2D eigenvalue weighted by Crippen LogP contribution is -2.39. The predicted molar refractivity (Wildman–Crippen MR) is 55.6 cm³/mol. The summed E-state index contributed by atoms with van der Waals surface area (Å²) in [7, 11) is 0. The van der Waals surface area contributed by atoms with Crippen molar-refractivity contribution in [2.24, 2.45) is 5.92 Å². The molecule has 0 aromatic carbocycles. The molecule has 0 aromatic heterocycles. The van der Waals surface area contributed by atoms with Gasteiger partial charge in [0.05, 0.1) is 0 Å². The van der Waals surface area contributed by atoms with E-state index in [2.05, 4.69) is 17.6 Å². The third-order valence-electron chi connectivity index (χ3n) is 2.15. The molecule has 2 N–H and O–H groups in total. The molecule has 2 unspecified atom stereocenters. The van der Waals surface area contributed by atoms with Gasteiger partial charge in [-0.1, -0.05) is 20.8 Å². The van der Waals surface area contributed by atoms with Crippen LogP contribution in [0.25, 0.3) is 0 Å². The molecule has 0 saturated heterocycles. The highest BCUT2D eigenvalue weighted by atomic mass is 16.1. The molecular weight excluding hydrogens is 164 g/mol. The topological polar surface area (TPSA) is 41.1 Å². The van der Waals surface area contributed by atoms with E-state index in [1.807, 2.05) is 20.8 Å². The van der Waals surface area contributed by atoms with Gasteiger partial charge >= 0.3 is 0 Å². The second-order valence-electron chi connectivity index (χ2n) is 3.53. The van der Waals surface area contributed by atoms with Gasteiger partial charge in [-0.3, -0.25) is 4.79 Å². The van der Waals surface area contributed by atoms with Crippen LogP contribution in [0.4, 0.5) is 0 Å². The third-order valence-corrected chi connectivity index (χ3v) is 2.15. The second kappa shape index (κ2) is 6.89. The van der Waals surface area contributed by atoms with Crippen LogP contribution in [0.3, 0.4) is 0 Å². The van der Waals surface area contributed by atoms with Crippen LogP contribution in [-0.4, -0.2) is 25.0 Å². The fourth-order valence-electron chi connectivity index (χ4n) is 0.941. The highest BCUT2D eigenvalue weighted by molar-refractivity contribution is 5.78. The third kappa shape index (κ3) is 5.64. The Kier molecular flexibility index (Phi) is 6.59. The molecular formula is C10H22N2O. The summed E-state index contributed by atoms with van der Waals surface area (Å²) in [5, 5.41) is 6.12. The summed E-state index contributed by atoms with van der Waals surface area (Å²) in [5.41, 5.74) is 0. The van der Waals surface area contributed by atoms with Gasteiger partial charge in [0, 0.05) is 18.5 Å². The number of hydrogen-bond donors (Lipinski definition) is 2. The molecule has 0 saturated carbocycles. The Hall–Kier alpha value is -0.570. The molecule has 0 fully saturated rings. The smallest absolute Gasteiger partial charge is 0.224 e.